The quantitative estimate of drug-likeness (QED) is 0.866. The van der Waals surface area contributed by atoms with Gasteiger partial charge >= 0.3 is 0 Å². The number of nitrogens with one attached hydrogen (secondary N) is 1. The molecule has 2 rings (SSSR count). The SMILES string of the molecule is Cc1cncc(NS(=O)(=O)c2cnc(Cl)nc2)c1. The van der Waals surface area contributed by atoms with E-state index in [1.807, 2.05) is 6.92 Å². The van der Waals surface area contributed by atoms with Crippen LogP contribution in [0.3, 0.4) is 0 Å². The minimum absolute atomic E-state index is 0.00817. The van der Waals surface area contributed by atoms with Crippen molar-refractivity contribution in [2.75, 3.05) is 4.72 Å². The molecule has 0 aliphatic carbocycles. The summed E-state index contributed by atoms with van der Waals surface area (Å²) in [6.45, 7) is 1.82. The summed E-state index contributed by atoms with van der Waals surface area (Å²) in [5, 5.41) is -0.00817. The average Bonchev–Trinajstić information content (AvgIpc) is 2.29. The Morgan fingerprint density at radius 2 is 1.83 bits per heavy atom. The van der Waals surface area contributed by atoms with Gasteiger partial charge in [0.25, 0.3) is 10.0 Å². The molecule has 0 amide bonds. The summed E-state index contributed by atoms with van der Waals surface area (Å²) in [7, 11) is -3.72. The van der Waals surface area contributed by atoms with Gasteiger partial charge in [-0.05, 0) is 30.2 Å². The Kier molecular flexibility index (Phi) is 3.44. The van der Waals surface area contributed by atoms with Gasteiger partial charge in [-0.2, -0.15) is 0 Å². The largest absolute Gasteiger partial charge is 0.278 e. The third kappa shape index (κ3) is 2.93. The monoisotopic (exact) mass is 284 g/mol. The second-order valence-electron chi connectivity index (χ2n) is 3.54. The second-order valence-corrected chi connectivity index (χ2v) is 5.56. The Morgan fingerprint density at radius 3 is 2.44 bits per heavy atom. The molecule has 0 spiro atoms. The lowest BCUT2D eigenvalue weighted by Crippen LogP contribution is -2.13. The highest BCUT2D eigenvalue weighted by molar-refractivity contribution is 7.92. The number of sulfonamides is 1. The van der Waals surface area contributed by atoms with E-state index in [2.05, 4.69) is 19.7 Å². The molecule has 2 aromatic rings. The number of nitrogens with zero attached hydrogens (tertiary/aromatic N) is 3. The van der Waals surface area contributed by atoms with Crippen LogP contribution in [0.15, 0.2) is 35.7 Å². The lowest BCUT2D eigenvalue weighted by molar-refractivity contribution is 0.600. The molecule has 2 heterocycles. The van der Waals surface area contributed by atoms with Crippen LogP contribution < -0.4 is 4.72 Å². The molecule has 0 aromatic carbocycles. The van der Waals surface area contributed by atoms with Gasteiger partial charge < -0.3 is 0 Å². The van der Waals surface area contributed by atoms with Crippen LogP contribution in [0.25, 0.3) is 0 Å². The summed E-state index contributed by atoms with van der Waals surface area (Å²) in [5.41, 5.74) is 1.23. The third-order valence-corrected chi connectivity index (χ3v) is 3.57. The van der Waals surface area contributed by atoms with Gasteiger partial charge in [0.15, 0.2) is 0 Å². The highest BCUT2D eigenvalue weighted by Crippen LogP contribution is 2.15. The summed E-state index contributed by atoms with van der Waals surface area (Å²) in [4.78, 5) is 11.1. The van der Waals surface area contributed by atoms with E-state index >= 15 is 0 Å². The molecule has 0 saturated heterocycles. The fourth-order valence-corrected chi connectivity index (χ4v) is 2.28. The standard InChI is InChI=1S/C10H9ClN4O2S/c1-7-2-8(4-12-3-7)15-18(16,17)9-5-13-10(11)14-6-9/h2-6,15H,1H3. The fraction of sp³-hybridized carbons (Fsp3) is 0.100. The van der Waals surface area contributed by atoms with Gasteiger partial charge in [0.05, 0.1) is 24.3 Å². The Balaban J connectivity index is 2.30. The number of rotatable bonds is 3. The first-order valence-corrected chi connectivity index (χ1v) is 6.75. The van der Waals surface area contributed by atoms with E-state index in [9.17, 15) is 8.42 Å². The van der Waals surface area contributed by atoms with Gasteiger partial charge in [-0.3, -0.25) is 9.71 Å². The molecule has 0 radical (unpaired) electrons. The molecule has 0 unspecified atom stereocenters. The van der Waals surface area contributed by atoms with Crippen molar-refractivity contribution in [1.29, 1.82) is 0 Å². The summed E-state index contributed by atoms with van der Waals surface area (Å²) < 4.78 is 26.3. The second kappa shape index (κ2) is 4.87. The van der Waals surface area contributed by atoms with Crippen molar-refractivity contribution < 1.29 is 8.42 Å². The Bertz CT molecular complexity index is 658. The van der Waals surface area contributed by atoms with E-state index in [0.29, 0.717) is 5.69 Å². The van der Waals surface area contributed by atoms with E-state index in [1.54, 1.807) is 12.3 Å². The van der Waals surface area contributed by atoms with Gasteiger partial charge in [-0.1, -0.05) is 0 Å². The van der Waals surface area contributed by atoms with Crippen LogP contribution in [0.1, 0.15) is 5.56 Å². The van der Waals surface area contributed by atoms with Crippen molar-refractivity contribution in [2.24, 2.45) is 0 Å². The molecule has 6 nitrogen and oxygen atoms in total. The summed E-state index contributed by atoms with van der Waals surface area (Å²) in [5.74, 6) is 0. The number of anilines is 1. The lowest BCUT2D eigenvalue weighted by atomic mass is 10.3. The molecule has 2 aromatic heterocycles. The topological polar surface area (TPSA) is 84.8 Å². The number of aromatic nitrogens is 3. The van der Waals surface area contributed by atoms with Gasteiger partial charge in [0.2, 0.25) is 5.28 Å². The van der Waals surface area contributed by atoms with Gasteiger partial charge in [0.1, 0.15) is 4.90 Å². The first kappa shape index (κ1) is 12.7. The van der Waals surface area contributed by atoms with Crippen LogP contribution in [0.2, 0.25) is 5.28 Å². The molecule has 0 aliphatic rings. The van der Waals surface area contributed by atoms with Crippen molar-refractivity contribution in [2.45, 2.75) is 11.8 Å². The summed E-state index contributed by atoms with van der Waals surface area (Å²) in [6.07, 6.45) is 5.33. The first-order valence-electron chi connectivity index (χ1n) is 4.89. The number of halogens is 1. The molecule has 18 heavy (non-hydrogen) atoms. The molecule has 0 bridgehead atoms. The molecule has 94 valence electrons. The van der Waals surface area contributed by atoms with Crippen LogP contribution in [-0.2, 0) is 10.0 Å². The summed E-state index contributed by atoms with van der Waals surface area (Å²) >= 11 is 5.50. The third-order valence-electron chi connectivity index (χ3n) is 2.03. The highest BCUT2D eigenvalue weighted by atomic mass is 35.5. The number of hydrogen-bond donors (Lipinski definition) is 1. The highest BCUT2D eigenvalue weighted by Gasteiger charge is 2.15. The molecule has 0 atom stereocenters. The molecular weight excluding hydrogens is 276 g/mol. The Morgan fingerprint density at radius 1 is 1.17 bits per heavy atom. The molecular formula is C10H9ClN4O2S. The molecule has 8 heteroatoms. The maximum atomic E-state index is 12.0. The average molecular weight is 285 g/mol. The Labute approximate surface area is 109 Å². The maximum absolute atomic E-state index is 12.0. The van der Waals surface area contributed by atoms with Crippen LogP contribution in [0.4, 0.5) is 5.69 Å². The smallest absolute Gasteiger partial charge is 0.265 e. The van der Waals surface area contributed by atoms with Crippen molar-refractivity contribution in [3.8, 4) is 0 Å². The van der Waals surface area contributed by atoms with Crippen LogP contribution >= 0.6 is 11.6 Å². The predicted octanol–water partition coefficient (Wildman–Crippen LogP) is 1.63. The number of aryl methyl sites for hydroxylation is 1. The van der Waals surface area contributed by atoms with Crippen molar-refractivity contribution >= 4 is 27.3 Å². The summed E-state index contributed by atoms with van der Waals surface area (Å²) in [6, 6.07) is 1.67. The van der Waals surface area contributed by atoms with E-state index in [-0.39, 0.29) is 10.2 Å². The molecule has 1 N–H and O–H groups in total. The molecule has 0 saturated carbocycles. The van der Waals surface area contributed by atoms with E-state index in [4.69, 9.17) is 11.6 Å². The van der Waals surface area contributed by atoms with Gasteiger partial charge in [0, 0.05) is 6.20 Å². The van der Waals surface area contributed by atoms with Crippen LogP contribution in [0, 0.1) is 6.92 Å². The van der Waals surface area contributed by atoms with Crippen LogP contribution in [-0.4, -0.2) is 23.4 Å². The first-order chi connectivity index (χ1) is 8.47. The Hall–Kier alpha value is -1.73. The zero-order valence-electron chi connectivity index (χ0n) is 9.33. The minimum Gasteiger partial charge on any atom is -0.278 e. The number of hydrogen-bond acceptors (Lipinski definition) is 5. The predicted molar refractivity (Wildman–Crippen MR) is 66.8 cm³/mol. The normalized spacial score (nSPS) is 11.2. The van der Waals surface area contributed by atoms with Crippen molar-refractivity contribution in [1.82, 2.24) is 15.0 Å². The zero-order valence-corrected chi connectivity index (χ0v) is 10.9. The van der Waals surface area contributed by atoms with E-state index < -0.39 is 10.0 Å². The molecule has 0 aliphatic heterocycles. The van der Waals surface area contributed by atoms with E-state index in [0.717, 1.165) is 18.0 Å². The van der Waals surface area contributed by atoms with Crippen LogP contribution in [0.5, 0.6) is 0 Å². The van der Waals surface area contributed by atoms with Crippen molar-refractivity contribution in [3.05, 3.63) is 41.7 Å². The van der Waals surface area contributed by atoms with Crippen molar-refractivity contribution in [3.63, 3.8) is 0 Å². The lowest BCUT2D eigenvalue weighted by Gasteiger charge is -2.07. The maximum Gasteiger partial charge on any atom is 0.265 e. The zero-order chi connectivity index (χ0) is 13.2. The van der Waals surface area contributed by atoms with E-state index in [1.165, 1.54) is 6.20 Å². The molecule has 0 fully saturated rings. The minimum atomic E-state index is -3.72. The van der Waals surface area contributed by atoms with Gasteiger partial charge in [-0.15, -0.1) is 0 Å². The van der Waals surface area contributed by atoms with Gasteiger partial charge in [-0.25, -0.2) is 18.4 Å². The number of pyridine rings is 1. The fourth-order valence-electron chi connectivity index (χ4n) is 1.26.